The third kappa shape index (κ3) is 3.39. The average molecular weight is 404 g/mol. The molecule has 1 amide bonds. The molecule has 3 heterocycles. The van der Waals surface area contributed by atoms with Crippen molar-refractivity contribution < 1.29 is 18.7 Å². The molecular formula is C22H17FN4O3. The predicted octanol–water partition coefficient (Wildman–Crippen LogP) is 4.00. The number of methoxy groups -OCH3 is 1. The van der Waals surface area contributed by atoms with Crippen molar-refractivity contribution in [3.8, 4) is 16.9 Å². The van der Waals surface area contributed by atoms with Gasteiger partial charge in [-0.2, -0.15) is 0 Å². The molecule has 0 unspecified atom stereocenters. The molecule has 30 heavy (non-hydrogen) atoms. The Balaban J connectivity index is 1.77. The van der Waals surface area contributed by atoms with E-state index < -0.39 is 11.7 Å². The second-order valence-electron chi connectivity index (χ2n) is 6.58. The van der Waals surface area contributed by atoms with Crippen molar-refractivity contribution in [2.24, 2.45) is 0 Å². The van der Waals surface area contributed by atoms with Gasteiger partial charge in [-0.05, 0) is 19.1 Å². The standard InChI is InChI=1S/C22H17FN4O3/c1-13(28)17-11-27-7-6-15(30-2)8-19(27)20(17)22(29)26-18-5-3-4-16(21(18)23)14-9-24-12-25-10-14/h3-12H,1-2H3,(H,26,29). The number of aromatic nitrogens is 3. The van der Waals surface area contributed by atoms with E-state index in [4.69, 9.17) is 4.74 Å². The molecule has 0 bridgehead atoms. The van der Waals surface area contributed by atoms with E-state index in [0.717, 1.165) is 0 Å². The molecule has 0 aliphatic rings. The number of carbonyl (C=O) groups excluding carboxylic acids is 2. The summed E-state index contributed by atoms with van der Waals surface area (Å²) in [5.41, 5.74) is 1.57. The van der Waals surface area contributed by atoms with E-state index >= 15 is 4.39 Å². The van der Waals surface area contributed by atoms with E-state index in [2.05, 4.69) is 15.3 Å². The zero-order chi connectivity index (χ0) is 21.3. The van der Waals surface area contributed by atoms with Crippen molar-refractivity contribution in [1.29, 1.82) is 0 Å². The molecular weight excluding hydrogens is 387 g/mol. The van der Waals surface area contributed by atoms with Crippen LogP contribution in [0, 0.1) is 5.82 Å². The normalized spacial score (nSPS) is 10.8. The van der Waals surface area contributed by atoms with Crippen molar-refractivity contribution in [3.63, 3.8) is 0 Å². The minimum Gasteiger partial charge on any atom is -0.497 e. The number of ether oxygens (including phenoxy) is 1. The Labute approximate surface area is 171 Å². The Kier molecular flexibility index (Phi) is 4.97. The van der Waals surface area contributed by atoms with E-state index in [-0.39, 0.29) is 28.2 Å². The molecule has 0 saturated carbocycles. The number of hydrogen-bond donors (Lipinski definition) is 1. The predicted molar refractivity (Wildman–Crippen MR) is 109 cm³/mol. The zero-order valence-corrected chi connectivity index (χ0v) is 16.2. The Morgan fingerprint density at radius 1 is 1.17 bits per heavy atom. The van der Waals surface area contributed by atoms with Crippen LogP contribution < -0.4 is 10.1 Å². The summed E-state index contributed by atoms with van der Waals surface area (Å²) in [5.74, 6) is -0.970. The molecule has 0 saturated heterocycles. The van der Waals surface area contributed by atoms with Gasteiger partial charge in [0, 0.05) is 47.5 Å². The number of rotatable bonds is 5. The maximum atomic E-state index is 15.1. The third-order valence-electron chi connectivity index (χ3n) is 4.71. The summed E-state index contributed by atoms with van der Waals surface area (Å²) in [6.07, 6.45) is 7.58. The summed E-state index contributed by atoms with van der Waals surface area (Å²) in [4.78, 5) is 33.0. The minimum absolute atomic E-state index is 0.0156. The molecule has 1 aromatic carbocycles. The van der Waals surface area contributed by atoms with Crippen LogP contribution in [0.5, 0.6) is 5.75 Å². The average Bonchev–Trinajstić information content (AvgIpc) is 3.15. The van der Waals surface area contributed by atoms with Gasteiger partial charge >= 0.3 is 0 Å². The highest BCUT2D eigenvalue weighted by molar-refractivity contribution is 6.16. The van der Waals surface area contributed by atoms with Gasteiger partial charge in [0.2, 0.25) is 0 Å². The summed E-state index contributed by atoms with van der Waals surface area (Å²) in [5, 5.41) is 2.59. The van der Waals surface area contributed by atoms with Crippen molar-refractivity contribution in [1.82, 2.24) is 14.4 Å². The van der Waals surface area contributed by atoms with Crippen LogP contribution >= 0.6 is 0 Å². The quantitative estimate of drug-likeness (QED) is 0.508. The highest BCUT2D eigenvalue weighted by Gasteiger charge is 2.22. The summed E-state index contributed by atoms with van der Waals surface area (Å²) >= 11 is 0. The van der Waals surface area contributed by atoms with Gasteiger partial charge in [0.05, 0.1) is 23.9 Å². The number of pyridine rings is 1. The number of Topliss-reactive ketones (excluding diaryl/α,β-unsaturated/α-hetero) is 1. The summed E-state index contributed by atoms with van der Waals surface area (Å²) < 4.78 is 22.0. The monoisotopic (exact) mass is 404 g/mol. The SMILES string of the molecule is COc1ccn2cc(C(C)=O)c(C(=O)Nc3cccc(-c4cncnc4)c3F)c2c1. The number of anilines is 1. The van der Waals surface area contributed by atoms with Gasteiger partial charge in [-0.15, -0.1) is 0 Å². The lowest BCUT2D eigenvalue weighted by Crippen LogP contribution is -2.16. The van der Waals surface area contributed by atoms with E-state index in [0.29, 0.717) is 16.8 Å². The Morgan fingerprint density at radius 2 is 1.93 bits per heavy atom. The Bertz CT molecular complexity index is 1270. The van der Waals surface area contributed by atoms with Gasteiger partial charge in [-0.1, -0.05) is 12.1 Å². The van der Waals surface area contributed by atoms with Crippen molar-refractivity contribution >= 4 is 22.9 Å². The molecule has 4 rings (SSSR count). The molecule has 0 aliphatic carbocycles. The number of nitrogens with one attached hydrogen (secondary N) is 1. The van der Waals surface area contributed by atoms with Crippen molar-refractivity contribution in [2.45, 2.75) is 6.92 Å². The van der Waals surface area contributed by atoms with Crippen LogP contribution in [0.15, 0.2) is 61.4 Å². The highest BCUT2D eigenvalue weighted by atomic mass is 19.1. The molecule has 0 fully saturated rings. The molecule has 0 aliphatic heterocycles. The molecule has 150 valence electrons. The second kappa shape index (κ2) is 7.75. The number of halogens is 1. The van der Waals surface area contributed by atoms with Crippen molar-refractivity contribution in [2.75, 3.05) is 12.4 Å². The molecule has 0 radical (unpaired) electrons. The van der Waals surface area contributed by atoms with Crippen LogP contribution in [0.1, 0.15) is 27.6 Å². The number of carbonyl (C=O) groups is 2. The summed E-state index contributed by atoms with van der Waals surface area (Å²) in [6, 6.07) is 8.00. The lowest BCUT2D eigenvalue weighted by Gasteiger charge is -2.10. The number of fused-ring (bicyclic) bond motifs is 1. The Hall–Kier alpha value is -4.07. The first-order chi connectivity index (χ1) is 14.5. The molecule has 4 aromatic rings. The van der Waals surface area contributed by atoms with Gasteiger partial charge in [0.25, 0.3) is 5.91 Å². The molecule has 3 aromatic heterocycles. The maximum absolute atomic E-state index is 15.1. The maximum Gasteiger partial charge on any atom is 0.258 e. The number of amides is 1. The zero-order valence-electron chi connectivity index (χ0n) is 16.2. The first kappa shape index (κ1) is 19.3. The minimum atomic E-state index is -0.619. The largest absolute Gasteiger partial charge is 0.497 e. The van der Waals surface area contributed by atoms with Gasteiger partial charge in [-0.25, -0.2) is 14.4 Å². The number of ketones is 1. The lowest BCUT2D eigenvalue weighted by molar-refractivity contribution is 0.0987. The van der Waals surface area contributed by atoms with E-state index in [1.54, 1.807) is 41.1 Å². The molecule has 0 atom stereocenters. The number of benzene rings is 1. The van der Waals surface area contributed by atoms with Crippen LogP contribution in [0.4, 0.5) is 10.1 Å². The van der Waals surface area contributed by atoms with Crippen LogP contribution in [-0.4, -0.2) is 33.2 Å². The van der Waals surface area contributed by atoms with E-state index in [9.17, 15) is 9.59 Å². The highest BCUT2D eigenvalue weighted by Crippen LogP contribution is 2.29. The number of hydrogen-bond acceptors (Lipinski definition) is 5. The van der Waals surface area contributed by atoms with Gasteiger partial charge in [0.1, 0.15) is 12.1 Å². The molecule has 8 heteroatoms. The van der Waals surface area contributed by atoms with E-state index in [1.807, 2.05) is 0 Å². The molecule has 1 N–H and O–H groups in total. The van der Waals surface area contributed by atoms with Crippen LogP contribution in [0.3, 0.4) is 0 Å². The topological polar surface area (TPSA) is 85.6 Å². The smallest absolute Gasteiger partial charge is 0.258 e. The Morgan fingerprint density at radius 3 is 2.63 bits per heavy atom. The van der Waals surface area contributed by atoms with Crippen LogP contribution in [0.25, 0.3) is 16.6 Å². The second-order valence-corrected chi connectivity index (χ2v) is 6.58. The fraction of sp³-hybridized carbons (Fsp3) is 0.0909. The number of nitrogens with zero attached hydrogens (tertiary/aromatic N) is 3. The first-order valence-corrected chi connectivity index (χ1v) is 9.04. The summed E-state index contributed by atoms with van der Waals surface area (Å²) in [7, 11) is 1.51. The molecule has 7 nitrogen and oxygen atoms in total. The van der Waals surface area contributed by atoms with Crippen molar-refractivity contribution in [3.05, 3.63) is 78.4 Å². The fourth-order valence-corrected chi connectivity index (χ4v) is 3.25. The molecule has 0 spiro atoms. The van der Waals surface area contributed by atoms with Gasteiger partial charge in [-0.3, -0.25) is 9.59 Å². The van der Waals surface area contributed by atoms with Crippen LogP contribution in [0.2, 0.25) is 0 Å². The summed E-state index contributed by atoms with van der Waals surface area (Å²) in [6.45, 7) is 1.37. The van der Waals surface area contributed by atoms with Gasteiger partial charge < -0.3 is 14.5 Å². The van der Waals surface area contributed by atoms with Gasteiger partial charge in [0.15, 0.2) is 11.6 Å². The van der Waals surface area contributed by atoms with Crippen LogP contribution in [-0.2, 0) is 0 Å². The first-order valence-electron chi connectivity index (χ1n) is 9.04. The lowest BCUT2D eigenvalue weighted by atomic mass is 10.1. The van der Waals surface area contributed by atoms with E-state index in [1.165, 1.54) is 38.8 Å². The third-order valence-corrected chi connectivity index (χ3v) is 4.71. The fourth-order valence-electron chi connectivity index (χ4n) is 3.25.